The summed E-state index contributed by atoms with van der Waals surface area (Å²) in [4.78, 5) is 40.6. The van der Waals surface area contributed by atoms with Gasteiger partial charge in [-0.05, 0) is 65.7 Å². The molecule has 1 aliphatic heterocycles. The van der Waals surface area contributed by atoms with Crippen molar-refractivity contribution in [2.75, 3.05) is 4.90 Å². The predicted octanol–water partition coefficient (Wildman–Crippen LogP) is 7.63. The van der Waals surface area contributed by atoms with Crippen molar-refractivity contribution in [3.8, 4) is 11.5 Å². The molecule has 0 saturated carbocycles. The first-order valence-electron chi connectivity index (χ1n) is 14.0. The molecule has 1 heterocycles. The molecule has 0 spiro atoms. The summed E-state index contributed by atoms with van der Waals surface area (Å²) >= 11 is 6.22. The number of benzene rings is 5. The van der Waals surface area contributed by atoms with E-state index in [1.807, 2.05) is 85.8 Å². The Morgan fingerprint density at radius 3 is 2.27 bits per heavy atom. The Labute approximate surface area is 259 Å². The molecule has 7 nitrogen and oxygen atoms in total. The molecule has 1 saturated heterocycles. The number of imide groups is 2. The summed E-state index contributed by atoms with van der Waals surface area (Å²) in [5.74, 6) is -0.508. The van der Waals surface area contributed by atoms with Crippen molar-refractivity contribution in [2.24, 2.45) is 0 Å². The van der Waals surface area contributed by atoms with Gasteiger partial charge in [-0.2, -0.15) is 0 Å². The molecule has 0 bridgehead atoms. The zero-order valence-electron chi connectivity index (χ0n) is 23.8. The molecule has 5 aromatic carbocycles. The summed E-state index contributed by atoms with van der Waals surface area (Å²) < 4.78 is 12.0. The second kappa shape index (κ2) is 12.5. The quantitative estimate of drug-likeness (QED) is 0.146. The van der Waals surface area contributed by atoms with Gasteiger partial charge in [-0.1, -0.05) is 90.0 Å². The fourth-order valence-electron chi connectivity index (χ4n) is 4.90. The molecule has 0 aromatic heterocycles. The number of anilines is 1. The Bertz CT molecular complexity index is 1920. The minimum atomic E-state index is -0.837. The maximum absolute atomic E-state index is 13.7. The van der Waals surface area contributed by atoms with Crippen molar-refractivity contribution in [1.82, 2.24) is 5.32 Å². The standard InChI is InChI=1S/C36H27ClN2O5/c1-23-10-12-24(13-11-23)21-44-33-19-14-25-6-2-4-8-29(25)30(33)20-31-34(40)38-36(42)39(35(31)41)27-15-17-28(18-16-27)43-22-26-7-3-5-9-32(26)37/h2-20H,21-22H2,1H3,(H,38,40,42)/b31-20+. The number of hydrogen-bond donors (Lipinski definition) is 1. The van der Waals surface area contributed by atoms with Crippen LogP contribution in [0.15, 0.2) is 115 Å². The van der Waals surface area contributed by atoms with Crippen LogP contribution in [0.1, 0.15) is 22.3 Å². The van der Waals surface area contributed by atoms with Crippen molar-refractivity contribution >= 4 is 52.0 Å². The summed E-state index contributed by atoms with van der Waals surface area (Å²) in [6, 6.07) is 32.4. The normalized spacial score (nSPS) is 14.2. The number of carbonyl (C=O) groups is 3. The third-order valence-electron chi connectivity index (χ3n) is 7.28. The van der Waals surface area contributed by atoms with Gasteiger partial charge in [0.1, 0.15) is 30.3 Å². The molecule has 1 fully saturated rings. The molecule has 0 unspecified atom stereocenters. The fourth-order valence-corrected chi connectivity index (χ4v) is 5.09. The average molecular weight is 603 g/mol. The number of aryl methyl sites for hydroxylation is 1. The summed E-state index contributed by atoms with van der Waals surface area (Å²) in [6.45, 7) is 2.57. The summed E-state index contributed by atoms with van der Waals surface area (Å²) in [5.41, 5.74) is 3.60. The number of nitrogens with one attached hydrogen (secondary N) is 1. The Hall–Kier alpha value is -5.40. The van der Waals surface area contributed by atoms with E-state index in [1.54, 1.807) is 30.3 Å². The lowest BCUT2D eigenvalue weighted by molar-refractivity contribution is -0.122. The summed E-state index contributed by atoms with van der Waals surface area (Å²) in [6.07, 6.45) is 1.49. The molecule has 218 valence electrons. The van der Waals surface area contributed by atoms with Crippen molar-refractivity contribution in [2.45, 2.75) is 20.1 Å². The summed E-state index contributed by atoms with van der Waals surface area (Å²) in [5, 5.41) is 4.60. The lowest BCUT2D eigenvalue weighted by Gasteiger charge is -2.26. The van der Waals surface area contributed by atoms with Crippen LogP contribution in [0.2, 0.25) is 5.02 Å². The maximum atomic E-state index is 13.7. The topological polar surface area (TPSA) is 84.9 Å². The van der Waals surface area contributed by atoms with E-state index in [0.717, 1.165) is 32.4 Å². The van der Waals surface area contributed by atoms with Crippen LogP contribution in [-0.4, -0.2) is 17.8 Å². The SMILES string of the molecule is Cc1ccc(COc2ccc3ccccc3c2/C=C2\C(=O)NC(=O)N(c3ccc(OCc4ccccc4Cl)cc3)C2=O)cc1. The molecule has 0 aliphatic carbocycles. The molecule has 4 amide bonds. The Kier molecular flexibility index (Phi) is 8.12. The number of rotatable bonds is 8. The van der Waals surface area contributed by atoms with Gasteiger partial charge in [0.15, 0.2) is 0 Å². The van der Waals surface area contributed by atoms with E-state index in [-0.39, 0.29) is 17.9 Å². The van der Waals surface area contributed by atoms with E-state index in [0.29, 0.717) is 28.7 Å². The number of ether oxygens (including phenoxy) is 2. The molecule has 1 N–H and O–H groups in total. The lowest BCUT2D eigenvalue weighted by Crippen LogP contribution is -2.54. The number of barbiturate groups is 1. The highest BCUT2D eigenvalue weighted by Gasteiger charge is 2.37. The number of hydrogen-bond acceptors (Lipinski definition) is 5. The number of amides is 4. The highest BCUT2D eigenvalue weighted by molar-refractivity contribution is 6.39. The fraction of sp³-hybridized carbons (Fsp3) is 0.0833. The van der Waals surface area contributed by atoms with Crippen LogP contribution in [0.4, 0.5) is 10.5 Å². The molecule has 0 radical (unpaired) electrons. The van der Waals surface area contributed by atoms with Gasteiger partial charge >= 0.3 is 6.03 Å². The molecule has 1 aliphatic rings. The first-order valence-corrected chi connectivity index (χ1v) is 14.3. The van der Waals surface area contributed by atoms with Gasteiger partial charge < -0.3 is 9.47 Å². The highest BCUT2D eigenvalue weighted by atomic mass is 35.5. The maximum Gasteiger partial charge on any atom is 0.335 e. The molecular weight excluding hydrogens is 576 g/mol. The Morgan fingerprint density at radius 2 is 1.50 bits per heavy atom. The van der Waals surface area contributed by atoms with E-state index >= 15 is 0 Å². The van der Waals surface area contributed by atoms with Crippen molar-refractivity contribution < 1.29 is 23.9 Å². The van der Waals surface area contributed by atoms with Gasteiger partial charge in [0.2, 0.25) is 0 Å². The Morgan fingerprint density at radius 1 is 0.773 bits per heavy atom. The lowest BCUT2D eigenvalue weighted by atomic mass is 9.99. The zero-order chi connectivity index (χ0) is 30.6. The van der Waals surface area contributed by atoms with Crippen LogP contribution in [-0.2, 0) is 22.8 Å². The minimum absolute atomic E-state index is 0.194. The van der Waals surface area contributed by atoms with E-state index in [9.17, 15) is 14.4 Å². The largest absolute Gasteiger partial charge is 0.489 e. The first kappa shape index (κ1) is 28.7. The van der Waals surface area contributed by atoms with E-state index in [2.05, 4.69) is 5.32 Å². The number of urea groups is 1. The molecule has 5 aromatic rings. The van der Waals surface area contributed by atoms with Crippen LogP contribution in [0.25, 0.3) is 16.8 Å². The van der Waals surface area contributed by atoms with Crippen molar-refractivity contribution in [3.05, 3.63) is 142 Å². The smallest absolute Gasteiger partial charge is 0.335 e. The Balaban J connectivity index is 1.29. The van der Waals surface area contributed by atoms with Gasteiger partial charge in [-0.25, -0.2) is 9.69 Å². The van der Waals surface area contributed by atoms with Crippen LogP contribution in [0.3, 0.4) is 0 Å². The third-order valence-corrected chi connectivity index (χ3v) is 7.65. The number of halogens is 1. The predicted molar refractivity (Wildman–Crippen MR) is 171 cm³/mol. The molecule has 44 heavy (non-hydrogen) atoms. The monoisotopic (exact) mass is 602 g/mol. The molecule has 8 heteroatoms. The molecular formula is C36H27ClN2O5. The number of nitrogens with zero attached hydrogens (tertiary/aromatic N) is 1. The van der Waals surface area contributed by atoms with Gasteiger partial charge in [-0.3, -0.25) is 14.9 Å². The van der Waals surface area contributed by atoms with E-state index < -0.39 is 17.8 Å². The van der Waals surface area contributed by atoms with Crippen molar-refractivity contribution in [1.29, 1.82) is 0 Å². The van der Waals surface area contributed by atoms with Gasteiger partial charge in [0.25, 0.3) is 11.8 Å². The third kappa shape index (κ3) is 6.04. The van der Waals surface area contributed by atoms with Crippen molar-refractivity contribution in [3.63, 3.8) is 0 Å². The van der Waals surface area contributed by atoms with Crippen LogP contribution >= 0.6 is 11.6 Å². The van der Waals surface area contributed by atoms with Gasteiger partial charge in [0, 0.05) is 16.1 Å². The second-order valence-corrected chi connectivity index (χ2v) is 10.7. The van der Waals surface area contributed by atoms with Crippen LogP contribution in [0, 0.1) is 6.92 Å². The zero-order valence-corrected chi connectivity index (χ0v) is 24.5. The minimum Gasteiger partial charge on any atom is -0.489 e. The molecule has 6 rings (SSSR count). The molecule has 0 atom stereocenters. The average Bonchev–Trinajstić information content (AvgIpc) is 3.03. The first-order chi connectivity index (χ1) is 21.4. The van der Waals surface area contributed by atoms with E-state index in [1.165, 1.54) is 6.08 Å². The second-order valence-electron chi connectivity index (χ2n) is 10.3. The van der Waals surface area contributed by atoms with Crippen LogP contribution < -0.4 is 19.7 Å². The van der Waals surface area contributed by atoms with Gasteiger partial charge in [0.05, 0.1) is 5.69 Å². The number of fused-ring (bicyclic) bond motifs is 1. The van der Waals surface area contributed by atoms with Crippen LogP contribution in [0.5, 0.6) is 11.5 Å². The summed E-state index contributed by atoms with van der Waals surface area (Å²) in [7, 11) is 0. The highest BCUT2D eigenvalue weighted by Crippen LogP contribution is 2.33. The van der Waals surface area contributed by atoms with Gasteiger partial charge in [-0.15, -0.1) is 0 Å². The van der Waals surface area contributed by atoms with E-state index in [4.69, 9.17) is 21.1 Å². The number of carbonyl (C=O) groups excluding carboxylic acids is 3.